The molecular formula is C16H20ClN3O. The monoisotopic (exact) mass is 305 g/mol. The number of hydrogen-bond acceptors (Lipinski definition) is 4. The molecule has 0 bridgehead atoms. The molecule has 21 heavy (non-hydrogen) atoms. The Labute approximate surface area is 130 Å². The Bertz CT molecular complexity index is 592. The van der Waals surface area contributed by atoms with E-state index in [2.05, 4.69) is 47.6 Å². The maximum Gasteiger partial charge on any atom is 0.241 e. The summed E-state index contributed by atoms with van der Waals surface area (Å²) in [7, 11) is 0. The summed E-state index contributed by atoms with van der Waals surface area (Å²) >= 11 is 5.71. The SMILES string of the molecule is C=C/C(C)=C\C(=C/C)N1CC2C(C1)C2c1noc(CCl)n1. The number of alkyl halides is 1. The van der Waals surface area contributed by atoms with Gasteiger partial charge in [0.15, 0.2) is 5.82 Å². The average molecular weight is 306 g/mol. The van der Waals surface area contributed by atoms with Gasteiger partial charge in [-0.1, -0.05) is 23.9 Å². The highest BCUT2D eigenvalue weighted by atomic mass is 35.5. The van der Waals surface area contributed by atoms with Crippen LogP contribution in [-0.4, -0.2) is 28.1 Å². The van der Waals surface area contributed by atoms with Crippen LogP contribution in [0.2, 0.25) is 0 Å². The summed E-state index contributed by atoms with van der Waals surface area (Å²) in [6.07, 6.45) is 6.23. The number of allylic oxidation sites excluding steroid dienone is 4. The van der Waals surface area contributed by atoms with Gasteiger partial charge in [-0.2, -0.15) is 4.98 Å². The average Bonchev–Trinajstić information content (AvgIpc) is 2.90. The van der Waals surface area contributed by atoms with Crippen molar-refractivity contribution in [1.82, 2.24) is 15.0 Å². The molecule has 1 saturated carbocycles. The van der Waals surface area contributed by atoms with E-state index in [0.29, 0.717) is 23.6 Å². The van der Waals surface area contributed by atoms with Crippen LogP contribution >= 0.6 is 11.6 Å². The second kappa shape index (κ2) is 5.68. The van der Waals surface area contributed by atoms with Crippen LogP contribution < -0.4 is 0 Å². The first kappa shape index (κ1) is 14.4. The number of piperidine rings is 1. The first-order valence-corrected chi connectivity index (χ1v) is 7.81. The molecule has 2 unspecified atom stereocenters. The summed E-state index contributed by atoms with van der Waals surface area (Å²) in [6, 6.07) is 0. The molecule has 0 aromatic carbocycles. The van der Waals surface area contributed by atoms with Gasteiger partial charge in [0, 0.05) is 24.7 Å². The topological polar surface area (TPSA) is 42.2 Å². The zero-order valence-electron chi connectivity index (χ0n) is 12.4. The van der Waals surface area contributed by atoms with Gasteiger partial charge in [-0.25, -0.2) is 0 Å². The van der Waals surface area contributed by atoms with Crippen LogP contribution in [0, 0.1) is 11.8 Å². The lowest BCUT2D eigenvalue weighted by atomic mass is 10.2. The van der Waals surface area contributed by atoms with E-state index in [1.54, 1.807) is 0 Å². The fourth-order valence-corrected chi connectivity index (χ4v) is 3.34. The predicted octanol–water partition coefficient (Wildman–Crippen LogP) is 3.49. The number of rotatable bonds is 5. The van der Waals surface area contributed by atoms with Crippen molar-refractivity contribution in [1.29, 1.82) is 0 Å². The van der Waals surface area contributed by atoms with Crippen LogP contribution in [0.25, 0.3) is 0 Å². The molecule has 4 nitrogen and oxygen atoms in total. The van der Waals surface area contributed by atoms with Gasteiger partial charge in [0.05, 0.1) is 0 Å². The smallest absolute Gasteiger partial charge is 0.241 e. The maximum atomic E-state index is 5.71. The third-order valence-corrected chi connectivity index (χ3v) is 4.68. The van der Waals surface area contributed by atoms with Gasteiger partial charge in [-0.05, 0) is 37.3 Å². The molecule has 0 spiro atoms. The molecule has 1 aliphatic heterocycles. The van der Waals surface area contributed by atoms with Crippen molar-refractivity contribution in [3.8, 4) is 0 Å². The van der Waals surface area contributed by atoms with E-state index in [-0.39, 0.29) is 5.88 Å². The predicted molar refractivity (Wildman–Crippen MR) is 82.9 cm³/mol. The quantitative estimate of drug-likeness (QED) is 0.617. The molecule has 0 N–H and O–H groups in total. The lowest BCUT2D eigenvalue weighted by Crippen LogP contribution is -2.23. The normalized spacial score (nSPS) is 28.7. The van der Waals surface area contributed by atoms with Gasteiger partial charge in [-0.15, -0.1) is 11.6 Å². The molecule has 2 aliphatic rings. The van der Waals surface area contributed by atoms with E-state index in [1.807, 2.05) is 6.08 Å². The standard InChI is InChI=1S/C16H20ClN3O/c1-4-10(3)6-11(5-2)20-8-12-13(9-20)15(12)16-18-14(7-17)21-19-16/h4-6,12-13,15H,1,7-9H2,2-3H3/b10-6-,11-5+. The summed E-state index contributed by atoms with van der Waals surface area (Å²) in [6.45, 7) is 10.1. The Morgan fingerprint density at radius 3 is 2.71 bits per heavy atom. The summed E-state index contributed by atoms with van der Waals surface area (Å²) in [4.78, 5) is 6.79. The van der Waals surface area contributed by atoms with E-state index >= 15 is 0 Å². The lowest BCUT2D eigenvalue weighted by Gasteiger charge is -2.23. The molecule has 5 heteroatoms. The Balaban J connectivity index is 1.64. The van der Waals surface area contributed by atoms with Crippen LogP contribution in [0.3, 0.4) is 0 Å². The fourth-order valence-electron chi connectivity index (χ4n) is 3.23. The van der Waals surface area contributed by atoms with Crippen molar-refractivity contribution in [3.63, 3.8) is 0 Å². The van der Waals surface area contributed by atoms with Crippen molar-refractivity contribution >= 4 is 11.6 Å². The highest BCUT2D eigenvalue weighted by Gasteiger charge is 2.58. The molecule has 3 rings (SSSR count). The van der Waals surface area contributed by atoms with Crippen molar-refractivity contribution in [3.05, 3.63) is 47.8 Å². The maximum absolute atomic E-state index is 5.71. The minimum atomic E-state index is 0.287. The van der Waals surface area contributed by atoms with Gasteiger partial charge in [-0.3, -0.25) is 0 Å². The Hall–Kier alpha value is -1.55. The van der Waals surface area contributed by atoms with Crippen molar-refractivity contribution < 1.29 is 4.52 Å². The Morgan fingerprint density at radius 2 is 2.19 bits per heavy atom. The largest absolute Gasteiger partial charge is 0.371 e. The zero-order valence-corrected chi connectivity index (χ0v) is 13.2. The highest BCUT2D eigenvalue weighted by Crippen LogP contribution is 2.58. The molecule has 0 radical (unpaired) electrons. The van der Waals surface area contributed by atoms with Gasteiger partial charge in [0.2, 0.25) is 5.89 Å². The number of likely N-dealkylation sites (tertiary alicyclic amines) is 1. The second-order valence-corrected chi connectivity index (χ2v) is 6.01. The Kier molecular flexibility index (Phi) is 3.89. The fraction of sp³-hybridized carbons (Fsp3) is 0.500. The van der Waals surface area contributed by atoms with E-state index in [1.165, 1.54) is 11.3 Å². The molecule has 1 aliphatic carbocycles. The van der Waals surface area contributed by atoms with Crippen molar-refractivity contribution in [2.75, 3.05) is 13.1 Å². The molecule has 0 amide bonds. The van der Waals surface area contributed by atoms with E-state index in [0.717, 1.165) is 18.9 Å². The summed E-state index contributed by atoms with van der Waals surface area (Å²) < 4.78 is 5.10. The molecule has 1 aromatic rings. The Morgan fingerprint density at radius 1 is 1.48 bits per heavy atom. The van der Waals surface area contributed by atoms with Gasteiger partial charge in [0.1, 0.15) is 5.88 Å². The molecule has 1 aromatic heterocycles. The molecular weight excluding hydrogens is 286 g/mol. The summed E-state index contributed by atoms with van der Waals surface area (Å²) in [5.41, 5.74) is 2.46. The van der Waals surface area contributed by atoms with Gasteiger partial charge in [0.25, 0.3) is 0 Å². The second-order valence-electron chi connectivity index (χ2n) is 5.74. The zero-order chi connectivity index (χ0) is 15.0. The van der Waals surface area contributed by atoms with Crippen LogP contribution in [0.4, 0.5) is 0 Å². The van der Waals surface area contributed by atoms with Crippen LogP contribution in [0.1, 0.15) is 31.5 Å². The first-order chi connectivity index (χ1) is 10.2. The van der Waals surface area contributed by atoms with Crippen LogP contribution in [0.5, 0.6) is 0 Å². The molecule has 1 saturated heterocycles. The third-order valence-electron chi connectivity index (χ3n) is 4.45. The van der Waals surface area contributed by atoms with E-state index in [4.69, 9.17) is 16.1 Å². The third kappa shape index (κ3) is 2.64. The highest BCUT2D eigenvalue weighted by molar-refractivity contribution is 6.16. The summed E-state index contributed by atoms with van der Waals surface area (Å²) in [5, 5.41) is 4.05. The lowest BCUT2D eigenvalue weighted by molar-refractivity contribution is 0.364. The van der Waals surface area contributed by atoms with Crippen molar-refractivity contribution in [2.45, 2.75) is 25.6 Å². The number of nitrogens with zero attached hydrogens (tertiary/aromatic N) is 3. The number of fused-ring (bicyclic) bond motifs is 1. The van der Waals surface area contributed by atoms with Gasteiger partial charge >= 0.3 is 0 Å². The molecule has 112 valence electrons. The summed E-state index contributed by atoms with van der Waals surface area (Å²) in [5.74, 6) is 3.36. The molecule has 2 atom stereocenters. The first-order valence-electron chi connectivity index (χ1n) is 7.28. The van der Waals surface area contributed by atoms with Crippen LogP contribution in [0.15, 0.2) is 40.6 Å². The molecule has 2 fully saturated rings. The van der Waals surface area contributed by atoms with Gasteiger partial charge < -0.3 is 9.42 Å². The molecule has 2 heterocycles. The van der Waals surface area contributed by atoms with E-state index < -0.39 is 0 Å². The number of hydrogen-bond donors (Lipinski definition) is 0. The minimum absolute atomic E-state index is 0.287. The van der Waals surface area contributed by atoms with Crippen molar-refractivity contribution in [2.24, 2.45) is 11.8 Å². The van der Waals surface area contributed by atoms with Crippen LogP contribution in [-0.2, 0) is 5.88 Å². The van der Waals surface area contributed by atoms with E-state index in [9.17, 15) is 0 Å². The minimum Gasteiger partial charge on any atom is -0.371 e. The number of halogens is 1. The number of aromatic nitrogens is 2.